The Hall–Kier alpha value is -3.49. The Bertz CT molecular complexity index is 1020. The number of carbonyl (C=O) groups is 3. The maximum absolute atomic E-state index is 12.4. The fourth-order valence-corrected chi connectivity index (χ4v) is 4.00. The SMILES string of the molecule is CCc1ccc(N(N)/C=C(\N)CCc2cccc(C=O)c2CN(C)C(CCC=O)C(=O)NC)cc1. The third kappa shape index (κ3) is 8.05. The summed E-state index contributed by atoms with van der Waals surface area (Å²) in [4.78, 5) is 36.9. The maximum Gasteiger partial charge on any atom is 0.237 e. The molecule has 0 fully saturated rings. The van der Waals surface area contributed by atoms with Crippen molar-refractivity contribution in [2.75, 3.05) is 19.1 Å². The van der Waals surface area contributed by atoms with Gasteiger partial charge in [0.1, 0.15) is 12.6 Å². The van der Waals surface area contributed by atoms with Gasteiger partial charge in [-0.15, -0.1) is 0 Å². The number of hydrazine groups is 1. The van der Waals surface area contributed by atoms with E-state index < -0.39 is 6.04 Å². The number of nitrogens with two attached hydrogens (primary N) is 2. The molecule has 0 aliphatic heterocycles. The van der Waals surface area contributed by atoms with E-state index in [0.717, 1.165) is 35.8 Å². The van der Waals surface area contributed by atoms with Gasteiger partial charge in [0.25, 0.3) is 0 Å². The van der Waals surface area contributed by atoms with E-state index in [0.29, 0.717) is 37.1 Å². The van der Waals surface area contributed by atoms with Crippen LogP contribution in [0.1, 0.15) is 53.2 Å². The highest BCUT2D eigenvalue weighted by atomic mass is 16.2. The predicted molar refractivity (Wildman–Crippen MR) is 140 cm³/mol. The zero-order valence-electron chi connectivity index (χ0n) is 20.9. The van der Waals surface area contributed by atoms with Crippen molar-refractivity contribution in [2.45, 2.75) is 51.6 Å². The molecule has 2 rings (SSSR count). The van der Waals surface area contributed by atoms with Crippen LogP contribution in [0.4, 0.5) is 5.69 Å². The number of nitrogens with one attached hydrogen (secondary N) is 1. The second-order valence-corrected chi connectivity index (χ2v) is 8.52. The first-order valence-corrected chi connectivity index (χ1v) is 11.8. The summed E-state index contributed by atoms with van der Waals surface area (Å²) in [7, 11) is 3.39. The molecule has 1 atom stereocenters. The summed E-state index contributed by atoms with van der Waals surface area (Å²) in [5.74, 6) is 6.01. The minimum absolute atomic E-state index is 0.165. The number of likely N-dealkylation sites (N-methyl/N-ethyl adjacent to an activating group) is 2. The topological polar surface area (TPSA) is 122 Å². The summed E-state index contributed by atoms with van der Waals surface area (Å²) in [6, 6.07) is 13.1. The largest absolute Gasteiger partial charge is 0.401 e. The number of hydrogen-bond donors (Lipinski definition) is 3. The molecule has 1 amide bonds. The summed E-state index contributed by atoms with van der Waals surface area (Å²) in [5.41, 5.74) is 11.3. The second-order valence-electron chi connectivity index (χ2n) is 8.52. The van der Waals surface area contributed by atoms with Gasteiger partial charge in [-0.2, -0.15) is 0 Å². The Kier molecular flexibility index (Phi) is 11.1. The van der Waals surface area contributed by atoms with E-state index in [1.807, 2.05) is 48.3 Å². The fourth-order valence-electron chi connectivity index (χ4n) is 4.00. The highest BCUT2D eigenvalue weighted by Crippen LogP contribution is 2.21. The number of hydrogen-bond acceptors (Lipinski definition) is 7. The van der Waals surface area contributed by atoms with Crippen LogP contribution in [0.25, 0.3) is 0 Å². The Balaban J connectivity index is 2.17. The Morgan fingerprint density at radius 1 is 1.14 bits per heavy atom. The van der Waals surface area contributed by atoms with Crippen molar-refractivity contribution >= 4 is 24.2 Å². The van der Waals surface area contributed by atoms with Crippen molar-refractivity contribution in [1.82, 2.24) is 10.2 Å². The molecule has 2 aromatic carbocycles. The molecule has 188 valence electrons. The van der Waals surface area contributed by atoms with E-state index in [1.165, 1.54) is 10.6 Å². The van der Waals surface area contributed by atoms with Gasteiger partial charge in [-0.3, -0.25) is 19.5 Å². The highest BCUT2D eigenvalue weighted by Gasteiger charge is 2.23. The van der Waals surface area contributed by atoms with Crippen LogP contribution in [0.5, 0.6) is 0 Å². The molecular weight excluding hydrogens is 442 g/mol. The molecule has 0 spiro atoms. The number of nitrogens with zero attached hydrogens (tertiary/aromatic N) is 2. The lowest BCUT2D eigenvalue weighted by Crippen LogP contribution is -2.44. The van der Waals surface area contributed by atoms with E-state index in [1.54, 1.807) is 19.3 Å². The van der Waals surface area contributed by atoms with E-state index in [9.17, 15) is 14.4 Å². The molecule has 0 bridgehead atoms. The Labute approximate surface area is 207 Å². The number of aldehydes is 2. The first kappa shape index (κ1) is 27.8. The van der Waals surface area contributed by atoms with Gasteiger partial charge in [0.2, 0.25) is 5.91 Å². The van der Waals surface area contributed by atoms with Crippen LogP contribution in [-0.4, -0.2) is 43.5 Å². The fraction of sp³-hybridized carbons (Fsp3) is 0.370. The molecule has 8 nitrogen and oxygen atoms in total. The first-order valence-electron chi connectivity index (χ1n) is 11.8. The van der Waals surface area contributed by atoms with Gasteiger partial charge in [0, 0.05) is 37.5 Å². The molecule has 1 unspecified atom stereocenters. The minimum Gasteiger partial charge on any atom is -0.401 e. The quantitative estimate of drug-likeness (QED) is 0.216. The number of aryl methyl sites for hydroxylation is 2. The van der Waals surface area contributed by atoms with Crippen molar-refractivity contribution in [3.05, 3.63) is 76.6 Å². The Morgan fingerprint density at radius 3 is 2.46 bits per heavy atom. The summed E-state index contributed by atoms with van der Waals surface area (Å²) in [6.07, 6.45) is 6.13. The lowest BCUT2D eigenvalue weighted by Gasteiger charge is -2.27. The van der Waals surface area contributed by atoms with Crippen LogP contribution < -0.4 is 21.9 Å². The van der Waals surface area contributed by atoms with Crippen LogP contribution >= 0.6 is 0 Å². The summed E-state index contributed by atoms with van der Waals surface area (Å²) in [5, 5.41) is 4.16. The van der Waals surface area contributed by atoms with Crippen LogP contribution in [0.3, 0.4) is 0 Å². The molecule has 8 heteroatoms. The molecule has 5 N–H and O–H groups in total. The third-order valence-electron chi connectivity index (χ3n) is 6.11. The van der Waals surface area contributed by atoms with Crippen molar-refractivity contribution in [1.29, 1.82) is 0 Å². The molecule has 0 saturated heterocycles. The molecule has 35 heavy (non-hydrogen) atoms. The summed E-state index contributed by atoms with van der Waals surface area (Å²) >= 11 is 0. The number of rotatable bonds is 14. The van der Waals surface area contributed by atoms with Gasteiger partial charge in [-0.1, -0.05) is 37.3 Å². The number of allylic oxidation sites excluding steroid dienone is 1. The van der Waals surface area contributed by atoms with Crippen LogP contribution in [-0.2, 0) is 29.0 Å². The van der Waals surface area contributed by atoms with E-state index in [-0.39, 0.29) is 12.3 Å². The average molecular weight is 480 g/mol. The van der Waals surface area contributed by atoms with Crippen LogP contribution in [0.2, 0.25) is 0 Å². The van der Waals surface area contributed by atoms with Crippen LogP contribution in [0, 0.1) is 0 Å². The van der Waals surface area contributed by atoms with Gasteiger partial charge < -0.3 is 15.8 Å². The van der Waals surface area contributed by atoms with E-state index in [4.69, 9.17) is 11.6 Å². The van der Waals surface area contributed by atoms with E-state index in [2.05, 4.69) is 12.2 Å². The second kappa shape index (κ2) is 14.0. The zero-order chi connectivity index (χ0) is 25.8. The average Bonchev–Trinajstić information content (AvgIpc) is 2.87. The predicted octanol–water partition coefficient (Wildman–Crippen LogP) is 2.70. The van der Waals surface area contributed by atoms with Crippen LogP contribution in [0.15, 0.2) is 54.4 Å². The number of amides is 1. The molecular formula is C27H37N5O3. The monoisotopic (exact) mass is 479 g/mol. The summed E-state index contributed by atoms with van der Waals surface area (Å²) < 4.78 is 0. The number of anilines is 1. The normalized spacial score (nSPS) is 12.3. The van der Waals surface area contributed by atoms with E-state index >= 15 is 0 Å². The molecule has 0 aliphatic carbocycles. The number of carbonyl (C=O) groups excluding carboxylic acids is 3. The van der Waals surface area contributed by atoms with Crippen molar-refractivity contribution in [2.24, 2.45) is 11.6 Å². The third-order valence-corrected chi connectivity index (χ3v) is 6.11. The lowest BCUT2D eigenvalue weighted by atomic mass is 9.96. The van der Waals surface area contributed by atoms with Crippen molar-refractivity contribution < 1.29 is 14.4 Å². The molecule has 0 radical (unpaired) electrons. The van der Waals surface area contributed by atoms with Gasteiger partial charge >= 0.3 is 0 Å². The van der Waals surface area contributed by atoms with Crippen molar-refractivity contribution in [3.8, 4) is 0 Å². The zero-order valence-corrected chi connectivity index (χ0v) is 20.9. The number of benzene rings is 2. The molecule has 0 aromatic heterocycles. The van der Waals surface area contributed by atoms with Gasteiger partial charge in [-0.05, 0) is 61.6 Å². The van der Waals surface area contributed by atoms with Gasteiger partial charge in [0.05, 0.1) is 11.7 Å². The minimum atomic E-state index is -0.479. The Morgan fingerprint density at radius 2 is 1.86 bits per heavy atom. The molecule has 0 saturated carbocycles. The molecule has 0 aliphatic rings. The maximum atomic E-state index is 12.4. The molecule has 2 aromatic rings. The summed E-state index contributed by atoms with van der Waals surface area (Å²) in [6.45, 7) is 2.49. The smallest absolute Gasteiger partial charge is 0.237 e. The van der Waals surface area contributed by atoms with Gasteiger partial charge in [-0.25, -0.2) is 5.84 Å². The van der Waals surface area contributed by atoms with Gasteiger partial charge in [0.15, 0.2) is 0 Å². The van der Waals surface area contributed by atoms with Crippen molar-refractivity contribution in [3.63, 3.8) is 0 Å². The highest BCUT2D eigenvalue weighted by molar-refractivity contribution is 5.82. The molecule has 0 heterocycles. The lowest BCUT2D eigenvalue weighted by molar-refractivity contribution is -0.126. The first-order chi connectivity index (χ1) is 16.8. The standard InChI is InChI=1S/C27H37N5O3/c1-4-20-10-14-24(15-11-20)32(29)17-23(28)13-12-21-7-5-8-22(19-34)25(21)18-31(3)26(9-6-16-33)27(35)30-2/h5,7-8,10-11,14-17,19,26H,4,6,9,12-13,18,28-29H2,1-3H3,(H,30,35)/b23-17-.